The van der Waals surface area contributed by atoms with Crippen LogP contribution in [-0.4, -0.2) is 56.1 Å². The van der Waals surface area contributed by atoms with E-state index in [1.54, 1.807) is 13.8 Å². The normalized spacial score (nSPS) is 11.6. The molecule has 0 aliphatic heterocycles. The fraction of sp³-hybridized carbons (Fsp3) is 0.917. The zero-order valence-corrected chi connectivity index (χ0v) is 11.4. The van der Waals surface area contributed by atoms with Gasteiger partial charge < -0.3 is 25.6 Å². The molecule has 0 saturated carbocycles. The van der Waals surface area contributed by atoms with Crippen LogP contribution in [0.4, 0.5) is 0 Å². The van der Waals surface area contributed by atoms with Gasteiger partial charge in [-0.2, -0.15) is 0 Å². The van der Waals surface area contributed by atoms with Crippen molar-refractivity contribution in [3.8, 4) is 0 Å². The highest BCUT2D eigenvalue weighted by Crippen LogP contribution is 2.09. The van der Waals surface area contributed by atoms with Gasteiger partial charge in [0.05, 0.1) is 32.0 Å². The molecule has 0 unspecified atom stereocenters. The van der Waals surface area contributed by atoms with E-state index in [0.29, 0.717) is 52.4 Å². The Morgan fingerprint density at radius 1 is 1.22 bits per heavy atom. The molecular formula is C12H26N2O4. The SMILES string of the molecule is CC(C)(O)CCC(=O)NCCOCCOCCN. The van der Waals surface area contributed by atoms with Crippen molar-refractivity contribution < 1.29 is 19.4 Å². The Balaban J connectivity index is 3.25. The average Bonchev–Trinajstić information content (AvgIpc) is 2.29. The Hall–Kier alpha value is -0.690. The smallest absolute Gasteiger partial charge is 0.220 e. The number of nitrogens with two attached hydrogens (primary N) is 1. The molecule has 18 heavy (non-hydrogen) atoms. The van der Waals surface area contributed by atoms with Gasteiger partial charge >= 0.3 is 0 Å². The third-order valence-electron chi connectivity index (χ3n) is 2.17. The van der Waals surface area contributed by atoms with Crippen molar-refractivity contribution in [1.29, 1.82) is 0 Å². The minimum Gasteiger partial charge on any atom is -0.390 e. The molecule has 0 radical (unpaired) electrons. The lowest BCUT2D eigenvalue weighted by molar-refractivity contribution is -0.122. The summed E-state index contributed by atoms with van der Waals surface area (Å²) >= 11 is 0. The van der Waals surface area contributed by atoms with Gasteiger partial charge in [0.15, 0.2) is 0 Å². The first-order valence-corrected chi connectivity index (χ1v) is 6.30. The molecule has 4 N–H and O–H groups in total. The summed E-state index contributed by atoms with van der Waals surface area (Å²) in [6, 6.07) is 0. The Bertz CT molecular complexity index is 217. The van der Waals surface area contributed by atoms with Crippen molar-refractivity contribution in [2.75, 3.05) is 39.5 Å². The first-order valence-electron chi connectivity index (χ1n) is 6.30. The fourth-order valence-electron chi connectivity index (χ4n) is 1.18. The molecule has 0 spiro atoms. The number of ether oxygens (including phenoxy) is 2. The van der Waals surface area contributed by atoms with Crippen molar-refractivity contribution in [2.24, 2.45) is 5.73 Å². The molecule has 0 fully saturated rings. The van der Waals surface area contributed by atoms with Gasteiger partial charge in [-0.3, -0.25) is 4.79 Å². The first kappa shape index (κ1) is 17.3. The van der Waals surface area contributed by atoms with Crippen LogP contribution in [0.3, 0.4) is 0 Å². The van der Waals surface area contributed by atoms with E-state index in [0.717, 1.165) is 0 Å². The molecule has 1 amide bonds. The highest BCUT2D eigenvalue weighted by molar-refractivity contribution is 5.75. The van der Waals surface area contributed by atoms with Gasteiger partial charge in [-0.05, 0) is 20.3 Å². The van der Waals surface area contributed by atoms with E-state index in [9.17, 15) is 9.90 Å². The summed E-state index contributed by atoms with van der Waals surface area (Å²) in [7, 11) is 0. The van der Waals surface area contributed by atoms with Crippen LogP contribution in [0.5, 0.6) is 0 Å². The zero-order valence-electron chi connectivity index (χ0n) is 11.4. The van der Waals surface area contributed by atoms with E-state index in [1.807, 2.05) is 0 Å². The molecule has 0 atom stereocenters. The Kier molecular flexibility index (Phi) is 9.86. The molecule has 0 aliphatic carbocycles. The third-order valence-corrected chi connectivity index (χ3v) is 2.17. The van der Waals surface area contributed by atoms with E-state index >= 15 is 0 Å². The summed E-state index contributed by atoms with van der Waals surface area (Å²) in [5.41, 5.74) is 4.45. The van der Waals surface area contributed by atoms with Crippen LogP contribution in [0.2, 0.25) is 0 Å². The van der Waals surface area contributed by atoms with Crippen LogP contribution in [0.15, 0.2) is 0 Å². The standard InChI is InChI=1S/C12H26N2O4/c1-12(2,16)4-3-11(15)14-6-8-18-10-9-17-7-5-13/h16H,3-10,13H2,1-2H3,(H,14,15). The van der Waals surface area contributed by atoms with Crippen LogP contribution in [0.1, 0.15) is 26.7 Å². The maximum atomic E-state index is 11.3. The molecule has 108 valence electrons. The van der Waals surface area contributed by atoms with Crippen LogP contribution in [0.25, 0.3) is 0 Å². The topological polar surface area (TPSA) is 93.8 Å². The molecule has 0 aromatic heterocycles. The van der Waals surface area contributed by atoms with Crippen LogP contribution >= 0.6 is 0 Å². The highest BCUT2D eigenvalue weighted by atomic mass is 16.5. The van der Waals surface area contributed by atoms with Gasteiger partial charge in [-0.1, -0.05) is 0 Å². The predicted molar refractivity (Wildman–Crippen MR) is 69.2 cm³/mol. The van der Waals surface area contributed by atoms with Crippen LogP contribution in [-0.2, 0) is 14.3 Å². The van der Waals surface area contributed by atoms with Crippen molar-refractivity contribution >= 4 is 5.91 Å². The number of carbonyl (C=O) groups excluding carboxylic acids is 1. The lowest BCUT2D eigenvalue weighted by Crippen LogP contribution is -2.30. The highest BCUT2D eigenvalue weighted by Gasteiger charge is 2.14. The van der Waals surface area contributed by atoms with Gasteiger partial charge in [0, 0.05) is 19.5 Å². The van der Waals surface area contributed by atoms with E-state index in [1.165, 1.54) is 0 Å². The largest absolute Gasteiger partial charge is 0.390 e. The molecule has 0 saturated heterocycles. The second-order valence-corrected chi connectivity index (χ2v) is 4.68. The summed E-state index contributed by atoms with van der Waals surface area (Å²) < 4.78 is 10.4. The Morgan fingerprint density at radius 2 is 1.83 bits per heavy atom. The van der Waals surface area contributed by atoms with Crippen molar-refractivity contribution in [2.45, 2.75) is 32.3 Å². The predicted octanol–water partition coefficient (Wildman–Crippen LogP) is -0.354. The maximum absolute atomic E-state index is 11.3. The van der Waals surface area contributed by atoms with E-state index < -0.39 is 5.60 Å². The second kappa shape index (κ2) is 10.3. The molecule has 6 nitrogen and oxygen atoms in total. The van der Waals surface area contributed by atoms with Crippen molar-refractivity contribution in [1.82, 2.24) is 5.32 Å². The van der Waals surface area contributed by atoms with Gasteiger partial charge in [0.1, 0.15) is 0 Å². The van der Waals surface area contributed by atoms with Crippen LogP contribution < -0.4 is 11.1 Å². The third kappa shape index (κ3) is 13.4. The molecule has 0 heterocycles. The summed E-state index contributed by atoms with van der Waals surface area (Å²) in [5.74, 6) is -0.0693. The van der Waals surface area contributed by atoms with Gasteiger partial charge in [0.25, 0.3) is 0 Å². The number of aliphatic hydroxyl groups is 1. The molecule has 0 aromatic rings. The summed E-state index contributed by atoms with van der Waals surface area (Å²) in [6.07, 6.45) is 0.774. The fourth-order valence-corrected chi connectivity index (χ4v) is 1.18. The van der Waals surface area contributed by atoms with Gasteiger partial charge in [-0.25, -0.2) is 0 Å². The summed E-state index contributed by atoms with van der Waals surface area (Å²) in [6.45, 7) is 6.37. The minimum atomic E-state index is -0.797. The maximum Gasteiger partial charge on any atom is 0.220 e. The molecule has 0 bridgehead atoms. The summed E-state index contributed by atoms with van der Waals surface area (Å²) in [5, 5.41) is 12.2. The number of carbonyl (C=O) groups is 1. The van der Waals surface area contributed by atoms with Crippen molar-refractivity contribution in [3.05, 3.63) is 0 Å². The quantitative estimate of drug-likeness (QED) is 0.442. The second-order valence-electron chi connectivity index (χ2n) is 4.68. The van der Waals surface area contributed by atoms with Crippen LogP contribution in [0, 0.1) is 0 Å². The average molecular weight is 262 g/mol. The molecule has 0 aliphatic rings. The Labute approximate surface area is 109 Å². The first-order chi connectivity index (χ1) is 8.45. The zero-order chi connectivity index (χ0) is 13.9. The molecule has 0 aromatic carbocycles. The van der Waals surface area contributed by atoms with Gasteiger partial charge in [-0.15, -0.1) is 0 Å². The number of hydrogen-bond acceptors (Lipinski definition) is 5. The van der Waals surface area contributed by atoms with E-state index in [4.69, 9.17) is 15.2 Å². The number of amides is 1. The molecule has 0 rings (SSSR count). The Morgan fingerprint density at radius 3 is 2.39 bits per heavy atom. The number of rotatable bonds is 11. The van der Waals surface area contributed by atoms with E-state index in [2.05, 4.69) is 5.32 Å². The lowest BCUT2D eigenvalue weighted by Gasteiger charge is -2.16. The molecule has 6 heteroatoms. The lowest BCUT2D eigenvalue weighted by atomic mass is 10.0. The summed E-state index contributed by atoms with van der Waals surface area (Å²) in [4.78, 5) is 11.3. The number of nitrogens with one attached hydrogen (secondary N) is 1. The minimum absolute atomic E-state index is 0.0693. The van der Waals surface area contributed by atoms with Gasteiger partial charge in [0.2, 0.25) is 5.91 Å². The van der Waals surface area contributed by atoms with E-state index in [-0.39, 0.29) is 5.91 Å². The monoisotopic (exact) mass is 262 g/mol. The molecular weight excluding hydrogens is 236 g/mol. The van der Waals surface area contributed by atoms with Crippen molar-refractivity contribution in [3.63, 3.8) is 0 Å². The number of hydrogen-bond donors (Lipinski definition) is 3.